The van der Waals surface area contributed by atoms with Gasteiger partial charge in [-0.25, -0.2) is 0 Å². The number of anilines is 1. The van der Waals surface area contributed by atoms with Crippen LogP contribution >= 0.6 is 23.4 Å². The van der Waals surface area contributed by atoms with Gasteiger partial charge in [-0.1, -0.05) is 35.5 Å². The van der Waals surface area contributed by atoms with Gasteiger partial charge in [-0.2, -0.15) is 5.26 Å². The molecule has 7 nitrogen and oxygen atoms in total. The third kappa shape index (κ3) is 6.48. The van der Waals surface area contributed by atoms with Gasteiger partial charge < -0.3 is 14.1 Å². The van der Waals surface area contributed by atoms with Crippen molar-refractivity contribution in [3.8, 4) is 11.8 Å². The molecule has 31 heavy (non-hydrogen) atoms. The van der Waals surface area contributed by atoms with Crippen LogP contribution < -0.4 is 9.64 Å². The second-order valence-corrected chi connectivity index (χ2v) is 8.08. The molecule has 0 aliphatic rings. The standard InChI is InChI=1S/C22H21ClN4O3S/c1-15-5-3-6-18(11-15)29-13-20-25-26-22(30-20)31-14-21(28)27(10-4-9-24)17-7-8-19(23)16(2)12-17/h3,5-8,11-12H,4,10,13-14H2,1-2H3. The first kappa shape index (κ1) is 22.7. The Bertz CT molecular complexity index is 1100. The molecule has 2 aromatic carbocycles. The molecule has 0 N–H and O–H groups in total. The summed E-state index contributed by atoms with van der Waals surface area (Å²) in [5, 5.41) is 17.8. The van der Waals surface area contributed by atoms with E-state index in [0.29, 0.717) is 22.4 Å². The van der Waals surface area contributed by atoms with Crippen molar-refractivity contribution in [3.63, 3.8) is 0 Å². The Morgan fingerprint density at radius 3 is 2.84 bits per heavy atom. The normalized spacial score (nSPS) is 10.5. The predicted molar refractivity (Wildman–Crippen MR) is 119 cm³/mol. The molecule has 9 heteroatoms. The van der Waals surface area contributed by atoms with Crippen LogP contribution in [0.4, 0.5) is 5.69 Å². The summed E-state index contributed by atoms with van der Waals surface area (Å²) >= 11 is 7.23. The Morgan fingerprint density at radius 1 is 1.26 bits per heavy atom. The van der Waals surface area contributed by atoms with Crippen LogP contribution in [-0.2, 0) is 11.4 Å². The molecule has 3 aromatic rings. The summed E-state index contributed by atoms with van der Waals surface area (Å²) in [6.07, 6.45) is 0.221. The highest BCUT2D eigenvalue weighted by atomic mass is 35.5. The lowest BCUT2D eigenvalue weighted by Crippen LogP contribution is -2.33. The summed E-state index contributed by atoms with van der Waals surface area (Å²) in [7, 11) is 0. The Hall–Kier alpha value is -3.02. The van der Waals surface area contributed by atoms with E-state index in [1.54, 1.807) is 17.0 Å². The van der Waals surface area contributed by atoms with Crippen LogP contribution in [0, 0.1) is 25.2 Å². The molecule has 1 heterocycles. The monoisotopic (exact) mass is 456 g/mol. The average Bonchev–Trinajstić information content (AvgIpc) is 3.21. The largest absolute Gasteiger partial charge is 0.484 e. The van der Waals surface area contributed by atoms with Crippen LogP contribution in [-0.4, -0.2) is 28.4 Å². The fourth-order valence-corrected chi connectivity index (χ4v) is 3.54. The number of benzene rings is 2. The van der Waals surface area contributed by atoms with Gasteiger partial charge in [0.25, 0.3) is 11.1 Å². The van der Waals surface area contributed by atoms with E-state index in [1.807, 2.05) is 44.2 Å². The van der Waals surface area contributed by atoms with E-state index < -0.39 is 0 Å². The molecule has 0 saturated heterocycles. The van der Waals surface area contributed by atoms with Crippen molar-refractivity contribution in [2.75, 3.05) is 17.2 Å². The summed E-state index contributed by atoms with van der Waals surface area (Å²) in [6.45, 7) is 4.28. The number of carbonyl (C=O) groups is 1. The summed E-state index contributed by atoms with van der Waals surface area (Å²) in [5.41, 5.74) is 2.65. The first-order valence-electron chi connectivity index (χ1n) is 9.54. The number of aryl methyl sites for hydroxylation is 2. The zero-order chi connectivity index (χ0) is 22.2. The molecule has 0 aliphatic heterocycles. The van der Waals surface area contributed by atoms with E-state index in [4.69, 9.17) is 26.0 Å². The molecule has 0 atom stereocenters. The molecule has 0 radical (unpaired) electrons. The lowest BCUT2D eigenvalue weighted by Gasteiger charge is -2.22. The van der Waals surface area contributed by atoms with Gasteiger partial charge in [-0.15, -0.1) is 10.2 Å². The minimum atomic E-state index is -0.169. The lowest BCUT2D eigenvalue weighted by molar-refractivity contribution is -0.116. The highest BCUT2D eigenvalue weighted by molar-refractivity contribution is 7.99. The van der Waals surface area contributed by atoms with Gasteiger partial charge in [-0.05, 0) is 55.3 Å². The summed E-state index contributed by atoms with van der Waals surface area (Å²) in [6, 6.07) is 15.1. The minimum Gasteiger partial charge on any atom is -0.484 e. The van der Waals surface area contributed by atoms with Crippen LogP contribution in [0.25, 0.3) is 0 Å². The summed E-state index contributed by atoms with van der Waals surface area (Å²) in [5.74, 6) is 0.964. The van der Waals surface area contributed by atoms with Crippen molar-refractivity contribution in [1.29, 1.82) is 5.26 Å². The smallest absolute Gasteiger partial charge is 0.277 e. The number of hydrogen-bond donors (Lipinski definition) is 0. The number of amides is 1. The highest BCUT2D eigenvalue weighted by Crippen LogP contribution is 2.25. The first-order valence-corrected chi connectivity index (χ1v) is 10.9. The van der Waals surface area contributed by atoms with E-state index in [9.17, 15) is 4.79 Å². The maximum Gasteiger partial charge on any atom is 0.277 e. The van der Waals surface area contributed by atoms with Gasteiger partial charge in [0, 0.05) is 17.3 Å². The van der Waals surface area contributed by atoms with Crippen molar-refractivity contribution >= 4 is 35.0 Å². The summed E-state index contributed by atoms with van der Waals surface area (Å²) < 4.78 is 11.2. The van der Waals surface area contributed by atoms with Gasteiger partial charge in [0.15, 0.2) is 6.61 Å². The Kier molecular flexibility index (Phi) is 7.93. The number of rotatable bonds is 9. The van der Waals surface area contributed by atoms with Crippen molar-refractivity contribution in [2.24, 2.45) is 0 Å². The Labute approximate surface area is 190 Å². The number of carbonyl (C=O) groups excluding carboxylic acids is 1. The maximum atomic E-state index is 12.8. The van der Waals surface area contributed by atoms with Crippen LogP contribution in [0.5, 0.6) is 5.75 Å². The van der Waals surface area contributed by atoms with Gasteiger partial charge in [-0.3, -0.25) is 4.79 Å². The van der Waals surface area contributed by atoms with Crippen LogP contribution in [0.3, 0.4) is 0 Å². The number of hydrogen-bond acceptors (Lipinski definition) is 7. The van der Waals surface area contributed by atoms with Crippen molar-refractivity contribution in [3.05, 3.63) is 64.5 Å². The maximum absolute atomic E-state index is 12.8. The van der Waals surface area contributed by atoms with Gasteiger partial charge in [0.05, 0.1) is 18.2 Å². The zero-order valence-electron chi connectivity index (χ0n) is 17.2. The first-order chi connectivity index (χ1) is 15.0. The third-order valence-corrected chi connectivity index (χ3v) is 5.55. The molecule has 0 aliphatic carbocycles. The summed E-state index contributed by atoms with van der Waals surface area (Å²) in [4.78, 5) is 14.4. The second-order valence-electron chi connectivity index (χ2n) is 6.74. The molecular formula is C22H21ClN4O3S. The molecule has 1 amide bonds. The highest BCUT2D eigenvalue weighted by Gasteiger charge is 2.18. The molecule has 160 valence electrons. The fourth-order valence-electron chi connectivity index (χ4n) is 2.76. The van der Waals surface area contributed by atoms with E-state index in [0.717, 1.165) is 22.9 Å². The van der Waals surface area contributed by atoms with Crippen LogP contribution in [0.2, 0.25) is 5.02 Å². The van der Waals surface area contributed by atoms with Gasteiger partial charge >= 0.3 is 0 Å². The number of aromatic nitrogens is 2. The van der Waals surface area contributed by atoms with Crippen molar-refractivity contribution in [1.82, 2.24) is 10.2 Å². The molecule has 3 rings (SSSR count). The number of nitrogens with zero attached hydrogens (tertiary/aromatic N) is 4. The van der Waals surface area contributed by atoms with E-state index in [2.05, 4.69) is 16.3 Å². The molecule has 0 unspecified atom stereocenters. The molecule has 1 aromatic heterocycles. The number of halogens is 1. The zero-order valence-corrected chi connectivity index (χ0v) is 18.7. The van der Waals surface area contributed by atoms with Crippen LogP contribution in [0.1, 0.15) is 23.4 Å². The number of nitriles is 1. The SMILES string of the molecule is Cc1cccc(OCc2nnc(SCC(=O)N(CCC#N)c3ccc(Cl)c(C)c3)o2)c1. The molecule has 0 fully saturated rings. The van der Waals surface area contributed by atoms with E-state index >= 15 is 0 Å². The Morgan fingerprint density at radius 2 is 2.10 bits per heavy atom. The molecule has 0 bridgehead atoms. The van der Waals surface area contributed by atoms with E-state index in [1.165, 1.54) is 0 Å². The predicted octanol–water partition coefficient (Wildman–Crippen LogP) is 4.96. The minimum absolute atomic E-state index is 0.0907. The average molecular weight is 457 g/mol. The quantitative estimate of drug-likeness (QED) is 0.420. The molecular weight excluding hydrogens is 436 g/mol. The van der Waals surface area contributed by atoms with Crippen molar-refractivity contribution < 1.29 is 13.9 Å². The molecule has 0 spiro atoms. The van der Waals surface area contributed by atoms with Crippen molar-refractivity contribution in [2.45, 2.75) is 32.1 Å². The fraction of sp³-hybridized carbons (Fsp3) is 0.273. The molecule has 0 saturated carbocycles. The lowest BCUT2D eigenvalue weighted by atomic mass is 10.2. The Balaban J connectivity index is 1.59. The number of thioether (sulfide) groups is 1. The van der Waals surface area contributed by atoms with Crippen LogP contribution in [0.15, 0.2) is 52.1 Å². The van der Waals surface area contributed by atoms with Gasteiger partial charge in [0.1, 0.15) is 5.75 Å². The number of ether oxygens (including phenoxy) is 1. The third-order valence-electron chi connectivity index (χ3n) is 4.32. The second kappa shape index (κ2) is 10.8. The van der Waals surface area contributed by atoms with E-state index in [-0.39, 0.29) is 36.5 Å². The van der Waals surface area contributed by atoms with Gasteiger partial charge in [0.2, 0.25) is 5.91 Å². The topological polar surface area (TPSA) is 92.3 Å².